The summed E-state index contributed by atoms with van der Waals surface area (Å²) >= 11 is 0. The van der Waals surface area contributed by atoms with Crippen molar-refractivity contribution < 1.29 is 13.2 Å². The van der Waals surface area contributed by atoms with Crippen molar-refractivity contribution in [2.45, 2.75) is 11.8 Å². The van der Waals surface area contributed by atoms with E-state index in [0.717, 1.165) is 5.69 Å². The Morgan fingerprint density at radius 2 is 1.94 bits per heavy atom. The number of nitrogens with zero attached hydrogens (tertiary/aromatic N) is 1. The van der Waals surface area contributed by atoms with Crippen molar-refractivity contribution in [1.82, 2.24) is 10.2 Å². The van der Waals surface area contributed by atoms with Gasteiger partial charge in [0.05, 0.1) is 12.0 Å². The average Bonchev–Trinajstić information content (AvgIpc) is 2.74. The lowest BCUT2D eigenvalue weighted by Gasteiger charge is -2.06. The number of H-pyrrole nitrogens is 1. The van der Waals surface area contributed by atoms with Crippen molar-refractivity contribution in [3.8, 4) is 5.75 Å². The SMILES string of the molecule is COc1ccc(S(=O)(=O)Nc2cc(C)[nH]n2)cc1. The first-order chi connectivity index (χ1) is 8.51. The number of benzene rings is 1. The first-order valence-corrected chi connectivity index (χ1v) is 6.68. The van der Waals surface area contributed by atoms with Crippen LogP contribution in [0.25, 0.3) is 0 Å². The maximum Gasteiger partial charge on any atom is 0.263 e. The van der Waals surface area contributed by atoms with Gasteiger partial charge in [-0.3, -0.25) is 9.82 Å². The van der Waals surface area contributed by atoms with Gasteiger partial charge in [0.1, 0.15) is 5.75 Å². The minimum atomic E-state index is -3.61. The van der Waals surface area contributed by atoms with Crippen LogP contribution in [-0.4, -0.2) is 25.7 Å². The quantitative estimate of drug-likeness (QED) is 0.879. The molecule has 0 aliphatic rings. The van der Waals surface area contributed by atoms with Crippen molar-refractivity contribution >= 4 is 15.8 Å². The second-order valence-electron chi connectivity index (χ2n) is 3.72. The summed E-state index contributed by atoms with van der Waals surface area (Å²) in [5.74, 6) is 0.868. The van der Waals surface area contributed by atoms with Crippen LogP contribution in [0.1, 0.15) is 5.69 Å². The third-order valence-corrected chi connectivity index (χ3v) is 3.69. The third-order valence-electron chi connectivity index (χ3n) is 2.31. The summed E-state index contributed by atoms with van der Waals surface area (Å²) in [6, 6.07) is 7.73. The molecule has 0 saturated carbocycles. The highest BCUT2D eigenvalue weighted by atomic mass is 32.2. The van der Waals surface area contributed by atoms with Crippen LogP contribution < -0.4 is 9.46 Å². The minimum absolute atomic E-state index is 0.156. The Bertz CT molecular complexity index is 632. The number of aryl methyl sites for hydroxylation is 1. The van der Waals surface area contributed by atoms with Crippen LogP contribution in [0.2, 0.25) is 0 Å². The van der Waals surface area contributed by atoms with E-state index in [1.807, 2.05) is 0 Å². The zero-order valence-corrected chi connectivity index (χ0v) is 10.8. The van der Waals surface area contributed by atoms with Gasteiger partial charge in [-0.05, 0) is 31.2 Å². The number of methoxy groups -OCH3 is 1. The van der Waals surface area contributed by atoms with E-state index in [4.69, 9.17) is 4.74 Å². The molecule has 0 fully saturated rings. The molecule has 0 aliphatic heterocycles. The Hall–Kier alpha value is -2.02. The van der Waals surface area contributed by atoms with Crippen LogP contribution in [0, 0.1) is 6.92 Å². The van der Waals surface area contributed by atoms with Crippen molar-refractivity contribution in [1.29, 1.82) is 0 Å². The molecule has 0 radical (unpaired) electrons. The number of hydrogen-bond donors (Lipinski definition) is 2. The highest BCUT2D eigenvalue weighted by molar-refractivity contribution is 7.92. The highest BCUT2D eigenvalue weighted by Gasteiger charge is 2.15. The molecule has 0 atom stereocenters. The number of anilines is 1. The molecule has 0 saturated heterocycles. The van der Waals surface area contributed by atoms with E-state index >= 15 is 0 Å². The van der Waals surface area contributed by atoms with Crippen molar-refractivity contribution in [2.75, 3.05) is 11.8 Å². The van der Waals surface area contributed by atoms with Gasteiger partial charge in [0.15, 0.2) is 5.82 Å². The number of hydrogen-bond acceptors (Lipinski definition) is 4. The largest absolute Gasteiger partial charge is 0.497 e. The zero-order valence-electron chi connectivity index (χ0n) is 9.97. The van der Waals surface area contributed by atoms with Crippen LogP contribution >= 0.6 is 0 Å². The Kier molecular flexibility index (Phi) is 3.24. The normalized spacial score (nSPS) is 11.2. The Morgan fingerprint density at radius 1 is 1.28 bits per heavy atom. The molecule has 0 bridgehead atoms. The number of rotatable bonds is 4. The molecule has 7 heteroatoms. The van der Waals surface area contributed by atoms with Crippen LogP contribution in [0.3, 0.4) is 0 Å². The molecule has 1 aromatic heterocycles. The lowest BCUT2D eigenvalue weighted by Crippen LogP contribution is -2.13. The molecule has 0 spiro atoms. The van der Waals surface area contributed by atoms with E-state index in [1.165, 1.54) is 19.2 Å². The fraction of sp³-hybridized carbons (Fsp3) is 0.182. The molecular weight excluding hydrogens is 254 g/mol. The van der Waals surface area contributed by atoms with Gasteiger partial charge in [-0.2, -0.15) is 5.10 Å². The second-order valence-corrected chi connectivity index (χ2v) is 5.40. The first-order valence-electron chi connectivity index (χ1n) is 5.20. The van der Waals surface area contributed by atoms with Gasteiger partial charge < -0.3 is 4.74 Å². The standard InChI is InChI=1S/C11H13N3O3S/c1-8-7-11(13-12-8)14-18(15,16)10-5-3-9(17-2)4-6-10/h3-7H,1-2H3,(H2,12,13,14). The Morgan fingerprint density at radius 3 is 2.44 bits per heavy atom. The van der Waals surface area contributed by atoms with Crippen LogP contribution in [0.15, 0.2) is 35.2 Å². The molecule has 1 aromatic carbocycles. The molecule has 2 rings (SSSR count). The molecule has 0 unspecified atom stereocenters. The predicted octanol–water partition coefficient (Wildman–Crippen LogP) is 1.53. The molecule has 18 heavy (non-hydrogen) atoms. The molecule has 0 aliphatic carbocycles. The van der Waals surface area contributed by atoms with Crippen LogP contribution in [0.4, 0.5) is 5.82 Å². The van der Waals surface area contributed by atoms with Gasteiger partial charge >= 0.3 is 0 Å². The lowest BCUT2D eigenvalue weighted by molar-refractivity contribution is 0.414. The molecule has 6 nitrogen and oxygen atoms in total. The minimum Gasteiger partial charge on any atom is -0.497 e. The van der Waals surface area contributed by atoms with Gasteiger partial charge in [0.2, 0.25) is 0 Å². The summed E-state index contributed by atoms with van der Waals surface area (Å²) in [5, 5.41) is 6.48. The zero-order chi connectivity index (χ0) is 13.2. The number of aromatic amines is 1. The summed E-state index contributed by atoms with van der Waals surface area (Å²) in [4.78, 5) is 0.156. The summed E-state index contributed by atoms with van der Waals surface area (Å²) in [7, 11) is -2.09. The highest BCUT2D eigenvalue weighted by Crippen LogP contribution is 2.18. The summed E-state index contributed by atoms with van der Waals surface area (Å²) in [6.45, 7) is 1.79. The lowest BCUT2D eigenvalue weighted by atomic mass is 10.3. The molecule has 2 N–H and O–H groups in total. The molecular formula is C11H13N3O3S. The van der Waals surface area contributed by atoms with E-state index in [-0.39, 0.29) is 10.7 Å². The maximum atomic E-state index is 12.0. The van der Waals surface area contributed by atoms with Crippen molar-refractivity contribution in [2.24, 2.45) is 0 Å². The third kappa shape index (κ3) is 2.62. The van der Waals surface area contributed by atoms with Crippen molar-refractivity contribution in [3.63, 3.8) is 0 Å². The van der Waals surface area contributed by atoms with Gasteiger partial charge in [0.25, 0.3) is 10.0 Å². The van der Waals surface area contributed by atoms with Crippen LogP contribution in [0.5, 0.6) is 5.75 Å². The summed E-state index contributed by atoms with van der Waals surface area (Å²) < 4.78 is 31.4. The maximum absolute atomic E-state index is 12.0. The number of sulfonamides is 1. The molecule has 0 amide bonds. The average molecular weight is 267 g/mol. The molecule has 96 valence electrons. The van der Waals surface area contributed by atoms with E-state index < -0.39 is 10.0 Å². The molecule has 1 heterocycles. The van der Waals surface area contributed by atoms with E-state index in [1.54, 1.807) is 25.1 Å². The first kappa shape index (κ1) is 12.4. The van der Waals surface area contributed by atoms with Gasteiger partial charge in [-0.1, -0.05) is 0 Å². The number of nitrogens with one attached hydrogen (secondary N) is 2. The fourth-order valence-electron chi connectivity index (χ4n) is 1.42. The topological polar surface area (TPSA) is 84.1 Å². The van der Waals surface area contributed by atoms with Gasteiger partial charge in [-0.15, -0.1) is 0 Å². The molecule has 2 aromatic rings. The monoisotopic (exact) mass is 267 g/mol. The van der Waals surface area contributed by atoms with Gasteiger partial charge in [0, 0.05) is 11.8 Å². The number of ether oxygens (including phenoxy) is 1. The fourth-order valence-corrected chi connectivity index (χ4v) is 2.41. The Balaban J connectivity index is 2.24. The van der Waals surface area contributed by atoms with E-state index in [0.29, 0.717) is 5.75 Å². The van der Waals surface area contributed by atoms with Gasteiger partial charge in [-0.25, -0.2) is 8.42 Å². The van der Waals surface area contributed by atoms with Crippen molar-refractivity contribution in [3.05, 3.63) is 36.0 Å². The number of aromatic nitrogens is 2. The summed E-state index contributed by atoms with van der Waals surface area (Å²) in [6.07, 6.45) is 0. The smallest absolute Gasteiger partial charge is 0.263 e. The summed E-state index contributed by atoms with van der Waals surface area (Å²) in [5.41, 5.74) is 0.780. The second kappa shape index (κ2) is 4.69. The van der Waals surface area contributed by atoms with E-state index in [2.05, 4.69) is 14.9 Å². The van der Waals surface area contributed by atoms with Crippen LogP contribution in [-0.2, 0) is 10.0 Å². The van der Waals surface area contributed by atoms with E-state index in [9.17, 15) is 8.42 Å². The predicted molar refractivity (Wildman–Crippen MR) is 67.1 cm³/mol. The Labute approximate surface area is 105 Å².